The normalized spacial score (nSPS) is 20.2. The number of rotatable bonds is 4. The maximum atomic E-state index is 12.8. The Hall–Kier alpha value is -2.31. The van der Waals surface area contributed by atoms with Gasteiger partial charge in [-0.15, -0.1) is 0 Å². The lowest BCUT2D eigenvalue weighted by atomic mass is 9.98. The number of anilines is 1. The molecule has 5 nitrogen and oxygen atoms in total. The van der Waals surface area contributed by atoms with Gasteiger partial charge in [-0.25, -0.2) is 9.40 Å². The molecule has 2 aliphatic rings. The second-order valence-corrected chi connectivity index (χ2v) is 6.89. The van der Waals surface area contributed by atoms with Crippen LogP contribution in [-0.4, -0.2) is 28.5 Å². The Morgan fingerprint density at radius 3 is 2.80 bits per heavy atom. The summed E-state index contributed by atoms with van der Waals surface area (Å²) in [5.74, 6) is 1.60. The predicted molar refractivity (Wildman–Crippen MR) is 98.3 cm³/mol. The van der Waals surface area contributed by atoms with Gasteiger partial charge in [-0.3, -0.25) is 4.79 Å². The Balaban J connectivity index is 1.65. The summed E-state index contributed by atoms with van der Waals surface area (Å²) in [5.41, 5.74) is 2.35. The van der Waals surface area contributed by atoms with E-state index in [0.717, 1.165) is 11.4 Å². The summed E-state index contributed by atoms with van der Waals surface area (Å²) >= 11 is 1.62. The molecule has 1 fully saturated rings. The second kappa shape index (κ2) is 7.29. The minimum absolute atomic E-state index is 0.0481. The van der Waals surface area contributed by atoms with E-state index < -0.39 is 0 Å². The number of carbonyl (C=O) groups excluding carboxylic acids is 1. The van der Waals surface area contributed by atoms with Gasteiger partial charge in [0.2, 0.25) is 5.91 Å². The Bertz CT molecular complexity index is 767. The van der Waals surface area contributed by atoms with Crippen LogP contribution in [0.1, 0.15) is 12.0 Å². The molecule has 1 aromatic heterocycles. The molecule has 0 bridgehead atoms. The Kier molecular flexibility index (Phi) is 4.72. The van der Waals surface area contributed by atoms with Gasteiger partial charge in [0.1, 0.15) is 0 Å². The lowest BCUT2D eigenvalue weighted by molar-refractivity contribution is -0.123. The zero-order chi connectivity index (χ0) is 17.1. The fourth-order valence-corrected chi connectivity index (χ4v) is 4.19. The van der Waals surface area contributed by atoms with Gasteiger partial charge < -0.3 is 4.74 Å². The van der Waals surface area contributed by atoms with Crippen LogP contribution in [0, 0.1) is 5.92 Å². The van der Waals surface area contributed by atoms with Crippen molar-refractivity contribution in [1.29, 1.82) is 0 Å². The summed E-state index contributed by atoms with van der Waals surface area (Å²) in [6.45, 7) is 1.18. The van der Waals surface area contributed by atoms with E-state index >= 15 is 0 Å². The zero-order valence-electron chi connectivity index (χ0n) is 13.7. The molecule has 0 aliphatic carbocycles. The van der Waals surface area contributed by atoms with Gasteiger partial charge in [-0.2, -0.15) is 5.01 Å². The van der Waals surface area contributed by atoms with Crippen molar-refractivity contribution >= 4 is 23.7 Å². The van der Waals surface area contributed by atoms with Gasteiger partial charge in [-0.1, -0.05) is 36.4 Å². The summed E-state index contributed by atoms with van der Waals surface area (Å²) < 4.78 is 7.55. The standard InChI is InChI=1S/C19H19N3O2S/c23-19-12-16-13-24-11-9-17(16)22(21(19)18-8-4-5-10-20-18)25-14-15-6-2-1-3-7-15/h1-10,16H,11-14H2. The summed E-state index contributed by atoms with van der Waals surface area (Å²) in [4.78, 5) is 17.2. The van der Waals surface area contributed by atoms with Crippen molar-refractivity contribution in [3.63, 3.8) is 0 Å². The van der Waals surface area contributed by atoms with Crippen LogP contribution in [0.3, 0.4) is 0 Å². The van der Waals surface area contributed by atoms with Gasteiger partial charge in [0, 0.05) is 24.3 Å². The number of pyridine rings is 1. The first kappa shape index (κ1) is 16.2. The van der Waals surface area contributed by atoms with Gasteiger partial charge in [-0.05, 0) is 35.7 Å². The molecule has 6 heteroatoms. The number of nitrogens with zero attached hydrogens (tertiary/aromatic N) is 3. The largest absolute Gasteiger partial charge is 0.377 e. The predicted octanol–water partition coefficient (Wildman–Crippen LogP) is 3.41. The first-order valence-corrected chi connectivity index (χ1v) is 9.26. The maximum Gasteiger partial charge on any atom is 0.248 e. The van der Waals surface area contributed by atoms with Crippen molar-refractivity contribution in [1.82, 2.24) is 9.40 Å². The van der Waals surface area contributed by atoms with Crippen LogP contribution in [0.25, 0.3) is 0 Å². The van der Waals surface area contributed by atoms with Crippen molar-refractivity contribution in [2.24, 2.45) is 5.92 Å². The molecule has 1 unspecified atom stereocenters. The Morgan fingerprint density at radius 1 is 1.16 bits per heavy atom. The minimum Gasteiger partial charge on any atom is -0.377 e. The third kappa shape index (κ3) is 3.41. The third-order valence-electron chi connectivity index (χ3n) is 4.27. The molecule has 4 rings (SSSR count). The molecule has 1 amide bonds. The topological polar surface area (TPSA) is 45.7 Å². The molecule has 0 spiro atoms. The monoisotopic (exact) mass is 353 g/mol. The third-order valence-corrected chi connectivity index (χ3v) is 5.35. The molecule has 2 aromatic rings. The number of aromatic nitrogens is 1. The highest BCUT2D eigenvalue weighted by molar-refractivity contribution is 7.96. The first-order chi connectivity index (χ1) is 12.3. The lowest BCUT2D eigenvalue weighted by Crippen LogP contribution is -2.51. The van der Waals surface area contributed by atoms with E-state index in [4.69, 9.17) is 4.74 Å². The molecular weight excluding hydrogens is 334 g/mol. The molecular formula is C19H19N3O2S. The number of fused-ring (bicyclic) bond motifs is 1. The number of amides is 1. The molecule has 128 valence electrons. The second-order valence-electron chi connectivity index (χ2n) is 5.99. The van der Waals surface area contributed by atoms with E-state index in [1.54, 1.807) is 23.2 Å². The molecule has 0 saturated carbocycles. The van der Waals surface area contributed by atoms with Crippen molar-refractivity contribution in [3.05, 3.63) is 72.1 Å². The summed E-state index contributed by atoms with van der Waals surface area (Å²) in [5, 5.41) is 1.70. The Labute approximate surface area is 151 Å². The van der Waals surface area contributed by atoms with Crippen LogP contribution in [-0.2, 0) is 15.3 Å². The van der Waals surface area contributed by atoms with Crippen molar-refractivity contribution in [3.8, 4) is 0 Å². The van der Waals surface area contributed by atoms with Crippen molar-refractivity contribution in [2.75, 3.05) is 18.2 Å². The highest BCUT2D eigenvalue weighted by Crippen LogP contribution is 2.38. The average molecular weight is 353 g/mol. The van der Waals surface area contributed by atoms with E-state index in [1.165, 1.54) is 5.56 Å². The van der Waals surface area contributed by atoms with Crippen molar-refractivity contribution in [2.45, 2.75) is 12.2 Å². The number of hydrogen-bond acceptors (Lipinski definition) is 5. The van der Waals surface area contributed by atoms with Gasteiger partial charge in [0.25, 0.3) is 0 Å². The van der Waals surface area contributed by atoms with E-state index in [2.05, 4.69) is 23.2 Å². The number of ether oxygens (including phenoxy) is 1. The van der Waals surface area contributed by atoms with E-state index in [-0.39, 0.29) is 11.8 Å². The first-order valence-electron chi connectivity index (χ1n) is 8.31. The van der Waals surface area contributed by atoms with Gasteiger partial charge in [0.15, 0.2) is 5.82 Å². The number of hydrazine groups is 1. The van der Waals surface area contributed by atoms with Crippen LogP contribution in [0.2, 0.25) is 0 Å². The quantitative estimate of drug-likeness (QED) is 0.788. The molecule has 25 heavy (non-hydrogen) atoms. The maximum absolute atomic E-state index is 12.8. The Morgan fingerprint density at radius 2 is 2.00 bits per heavy atom. The van der Waals surface area contributed by atoms with Crippen LogP contribution in [0.4, 0.5) is 5.82 Å². The van der Waals surface area contributed by atoms with Crippen LogP contribution in [0.15, 0.2) is 66.5 Å². The summed E-state index contributed by atoms with van der Waals surface area (Å²) in [7, 11) is 0. The highest BCUT2D eigenvalue weighted by atomic mass is 32.2. The number of carbonyl (C=O) groups is 1. The van der Waals surface area contributed by atoms with Crippen molar-refractivity contribution < 1.29 is 9.53 Å². The molecule has 2 aliphatic heterocycles. The van der Waals surface area contributed by atoms with E-state index in [0.29, 0.717) is 25.5 Å². The average Bonchev–Trinajstić information content (AvgIpc) is 2.67. The number of benzene rings is 1. The van der Waals surface area contributed by atoms with E-state index in [9.17, 15) is 4.79 Å². The minimum atomic E-state index is 0.0481. The zero-order valence-corrected chi connectivity index (χ0v) is 14.6. The fourth-order valence-electron chi connectivity index (χ4n) is 3.06. The lowest BCUT2D eigenvalue weighted by Gasteiger charge is -2.44. The molecule has 0 N–H and O–H groups in total. The van der Waals surface area contributed by atoms with E-state index in [1.807, 2.05) is 40.8 Å². The number of hydrogen-bond donors (Lipinski definition) is 0. The fraction of sp³-hybridized carbons (Fsp3) is 0.263. The van der Waals surface area contributed by atoms with Gasteiger partial charge in [0.05, 0.1) is 18.9 Å². The molecule has 1 aromatic carbocycles. The van der Waals surface area contributed by atoms with Gasteiger partial charge >= 0.3 is 0 Å². The molecule has 1 atom stereocenters. The molecule has 1 saturated heterocycles. The molecule has 0 radical (unpaired) electrons. The molecule has 3 heterocycles. The summed E-state index contributed by atoms with van der Waals surface area (Å²) in [6.07, 6.45) is 4.24. The smallest absolute Gasteiger partial charge is 0.248 e. The summed E-state index contributed by atoms with van der Waals surface area (Å²) in [6, 6.07) is 15.9. The SMILES string of the molecule is O=C1CC2COCC=C2N(SCc2ccccc2)N1c1ccccn1. The highest BCUT2D eigenvalue weighted by Gasteiger charge is 2.39. The van der Waals surface area contributed by atoms with Crippen LogP contribution >= 0.6 is 11.9 Å². The van der Waals surface area contributed by atoms with Crippen LogP contribution < -0.4 is 5.01 Å². The van der Waals surface area contributed by atoms with Crippen LogP contribution in [0.5, 0.6) is 0 Å².